The van der Waals surface area contributed by atoms with Crippen LogP contribution in [0.15, 0.2) is 79.0 Å². The van der Waals surface area contributed by atoms with Crippen LogP contribution < -0.4 is 10.2 Å². The summed E-state index contributed by atoms with van der Waals surface area (Å²) in [5.74, 6) is 1.20. The lowest BCUT2D eigenvalue weighted by atomic mass is 9.78. The van der Waals surface area contributed by atoms with Crippen molar-refractivity contribution in [2.75, 3.05) is 37.6 Å². The number of rotatable bonds is 8. The lowest BCUT2D eigenvalue weighted by Crippen LogP contribution is -2.55. The molecule has 1 N–H and O–H groups in total. The number of carbonyl (C=O) groups excluding carboxylic acids is 1. The van der Waals surface area contributed by atoms with Crippen LogP contribution in [0.5, 0.6) is 0 Å². The SMILES string of the molecule is O=C(NCC(Cc1ccccc1)N1CCN(c2ccccn2)CC1)C1(c2ccc(Cl)cc2)CCCC1. The standard InChI is InChI=1S/C30H35ClN4O/c31-26-13-11-25(12-14-26)30(15-5-6-16-30)29(36)33-23-27(22-24-8-2-1-3-9-24)34-18-20-35(21-19-34)28-10-4-7-17-32-28/h1-4,7-14,17,27H,5-6,15-16,18-23H2,(H,33,36). The van der Waals surface area contributed by atoms with E-state index in [-0.39, 0.29) is 11.9 Å². The Balaban J connectivity index is 1.29. The molecule has 188 valence electrons. The van der Waals surface area contributed by atoms with Crippen LogP contribution in [0.25, 0.3) is 0 Å². The molecule has 0 spiro atoms. The fourth-order valence-corrected chi connectivity index (χ4v) is 5.97. The zero-order valence-corrected chi connectivity index (χ0v) is 21.5. The van der Waals surface area contributed by atoms with E-state index in [1.165, 1.54) is 5.56 Å². The van der Waals surface area contributed by atoms with E-state index in [2.05, 4.69) is 56.5 Å². The number of hydrogen-bond donors (Lipinski definition) is 1. The van der Waals surface area contributed by atoms with Crippen LogP contribution in [-0.2, 0) is 16.6 Å². The van der Waals surface area contributed by atoms with Gasteiger partial charge in [0, 0.05) is 50.0 Å². The lowest BCUT2D eigenvalue weighted by molar-refractivity contribution is -0.127. The zero-order valence-electron chi connectivity index (χ0n) is 20.8. The average Bonchev–Trinajstić information content (AvgIpc) is 3.44. The number of carbonyl (C=O) groups is 1. The average molecular weight is 503 g/mol. The summed E-state index contributed by atoms with van der Waals surface area (Å²) in [6, 6.07) is 24.8. The maximum atomic E-state index is 13.8. The van der Waals surface area contributed by atoms with Crippen molar-refractivity contribution in [3.8, 4) is 0 Å². The molecule has 1 atom stereocenters. The Labute approximate surface area is 219 Å². The molecule has 36 heavy (non-hydrogen) atoms. The summed E-state index contributed by atoms with van der Waals surface area (Å²) in [6.07, 6.45) is 6.73. The maximum Gasteiger partial charge on any atom is 0.230 e. The molecule has 1 amide bonds. The molecule has 5 nitrogen and oxygen atoms in total. The quantitative estimate of drug-likeness (QED) is 0.465. The van der Waals surface area contributed by atoms with Crippen LogP contribution in [-0.4, -0.2) is 54.6 Å². The van der Waals surface area contributed by atoms with E-state index in [4.69, 9.17) is 11.6 Å². The van der Waals surface area contributed by atoms with Crippen LogP contribution in [0.3, 0.4) is 0 Å². The molecule has 1 aliphatic carbocycles. The number of amides is 1. The smallest absolute Gasteiger partial charge is 0.230 e. The van der Waals surface area contributed by atoms with Gasteiger partial charge in [-0.1, -0.05) is 73.0 Å². The van der Waals surface area contributed by atoms with Crippen molar-refractivity contribution in [1.82, 2.24) is 15.2 Å². The third-order valence-corrected chi connectivity index (χ3v) is 8.16. The fourth-order valence-electron chi connectivity index (χ4n) is 5.85. The van der Waals surface area contributed by atoms with E-state index < -0.39 is 5.41 Å². The van der Waals surface area contributed by atoms with Gasteiger partial charge in [0.05, 0.1) is 5.41 Å². The largest absolute Gasteiger partial charge is 0.354 e. The minimum Gasteiger partial charge on any atom is -0.354 e. The number of nitrogens with one attached hydrogen (secondary N) is 1. The first-order chi connectivity index (χ1) is 17.6. The van der Waals surface area contributed by atoms with Crippen LogP contribution in [0, 0.1) is 0 Å². The predicted octanol–water partition coefficient (Wildman–Crippen LogP) is 5.10. The molecule has 1 aromatic heterocycles. The van der Waals surface area contributed by atoms with Gasteiger partial charge in [0.15, 0.2) is 0 Å². The summed E-state index contributed by atoms with van der Waals surface area (Å²) >= 11 is 6.15. The number of pyridine rings is 1. The molecule has 1 saturated carbocycles. The van der Waals surface area contributed by atoms with E-state index in [9.17, 15) is 4.79 Å². The van der Waals surface area contributed by atoms with Crippen LogP contribution >= 0.6 is 11.6 Å². The second-order valence-corrected chi connectivity index (χ2v) is 10.5. The van der Waals surface area contributed by atoms with Gasteiger partial charge in [-0.25, -0.2) is 4.98 Å². The molecular formula is C30H35ClN4O. The van der Waals surface area contributed by atoms with Crippen molar-refractivity contribution in [3.05, 3.63) is 95.1 Å². The van der Waals surface area contributed by atoms with Crippen molar-refractivity contribution in [2.45, 2.75) is 43.6 Å². The Morgan fingerprint density at radius 1 is 0.917 bits per heavy atom. The van der Waals surface area contributed by atoms with Gasteiger partial charge >= 0.3 is 0 Å². The van der Waals surface area contributed by atoms with Gasteiger partial charge < -0.3 is 10.2 Å². The number of halogens is 1. The summed E-state index contributed by atoms with van der Waals surface area (Å²) in [4.78, 5) is 23.2. The highest BCUT2D eigenvalue weighted by molar-refractivity contribution is 6.30. The molecule has 2 aromatic carbocycles. The Kier molecular flexibility index (Phi) is 7.88. The van der Waals surface area contributed by atoms with Gasteiger partial charge in [0.25, 0.3) is 0 Å². The summed E-state index contributed by atoms with van der Waals surface area (Å²) < 4.78 is 0. The van der Waals surface area contributed by atoms with E-state index in [1.54, 1.807) is 0 Å². The lowest BCUT2D eigenvalue weighted by Gasteiger charge is -2.40. The van der Waals surface area contributed by atoms with Gasteiger partial charge in [0.1, 0.15) is 5.82 Å². The summed E-state index contributed by atoms with van der Waals surface area (Å²) in [5, 5.41) is 4.11. The first-order valence-corrected chi connectivity index (χ1v) is 13.5. The minimum absolute atomic E-state index is 0.160. The molecule has 2 fully saturated rings. The molecule has 5 rings (SSSR count). The molecule has 0 radical (unpaired) electrons. The van der Waals surface area contributed by atoms with E-state index in [1.807, 2.05) is 42.6 Å². The van der Waals surface area contributed by atoms with Gasteiger partial charge in [-0.3, -0.25) is 9.69 Å². The maximum absolute atomic E-state index is 13.8. The van der Waals surface area contributed by atoms with Gasteiger partial charge in [0.2, 0.25) is 5.91 Å². The van der Waals surface area contributed by atoms with Crippen molar-refractivity contribution < 1.29 is 4.79 Å². The predicted molar refractivity (Wildman–Crippen MR) is 147 cm³/mol. The number of nitrogens with zero attached hydrogens (tertiary/aromatic N) is 3. The van der Waals surface area contributed by atoms with Crippen LogP contribution in [0.1, 0.15) is 36.8 Å². The highest BCUT2D eigenvalue weighted by Gasteiger charge is 2.42. The van der Waals surface area contributed by atoms with Crippen molar-refractivity contribution in [3.63, 3.8) is 0 Å². The van der Waals surface area contributed by atoms with Crippen molar-refractivity contribution in [2.24, 2.45) is 0 Å². The topological polar surface area (TPSA) is 48.5 Å². The van der Waals surface area contributed by atoms with Crippen LogP contribution in [0.4, 0.5) is 5.82 Å². The second-order valence-electron chi connectivity index (χ2n) is 10.1. The summed E-state index contributed by atoms with van der Waals surface area (Å²) in [6.45, 7) is 4.42. The number of anilines is 1. The Hall–Kier alpha value is -2.89. The number of hydrogen-bond acceptors (Lipinski definition) is 4. The highest BCUT2D eigenvalue weighted by Crippen LogP contribution is 2.41. The number of piperazine rings is 1. The minimum atomic E-state index is -0.445. The van der Waals surface area contributed by atoms with Gasteiger partial charge in [-0.05, 0) is 54.7 Å². The third-order valence-electron chi connectivity index (χ3n) is 7.90. The number of benzene rings is 2. The first kappa shape index (κ1) is 24.8. The van der Waals surface area contributed by atoms with E-state index >= 15 is 0 Å². The summed E-state index contributed by atoms with van der Waals surface area (Å²) in [7, 11) is 0. The Morgan fingerprint density at radius 2 is 1.61 bits per heavy atom. The molecular weight excluding hydrogens is 468 g/mol. The van der Waals surface area contributed by atoms with Gasteiger partial charge in [-0.15, -0.1) is 0 Å². The molecule has 1 saturated heterocycles. The second kappa shape index (κ2) is 11.4. The van der Waals surface area contributed by atoms with Crippen molar-refractivity contribution >= 4 is 23.3 Å². The molecule has 3 aromatic rings. The van der Waals surface area contributed by atoms with Crippen molar-refractivity contribution in [1.29, 1.82) is 0 Å². The molecule has 1 aliphatic heterocycles. The third kappa shape index (κ3) is 5.58. The first-order valence-electron chi connectivity index (χ1n) is 13.1. The Morgan fingerprint density at radius 3 is 2.28 bits per heavy atom. The molecule has 0 bridgehead atoms. The monoisotopic (exact) mass is 502 g/mol. The highest BCUT2D eigenvalue weighted by atomic mass is 35.5. The molecule has 2 heterocycles. The number of aromatic nitrogens is 1. The summed E-state index contributed by atoms with van der Waals surface area (Å²) in [5.41, 5.74) is 1.95. The van der Waals surface area contributed by atoms with E-state index in [0.717, 1.165) is 69.7 Å². The van der Waals surface area contributed by atoms with Crippen LogP contribution in [0.2, 0.25) is 5.02 Å². The van der Waals surface area contributed by atoms with Gasteiger partial charge in [-0.2, -0.15) is 0 Å². The Bertz CT molecular complexity index is 1110. The molecule has 1 unspecified atom stereocenters. The zero-order chi connectivity index (χ0) is 24.8. The molecule has 2 aliphatic rings. The fraction of sp³-hybridized carbons (Fsp3) is 0.400. The van der Waals surface area contributed by atoms with E-state index in [0.29, 0.717) is 11.6 Å². The molecule has 6 heteroatoms. The normalized spacial score (nSPS) is 18.6.